The van der Waals surface area contributed by atoms with Crippen molar-refractivity contribution >= 4 is 17.3 Å². The van der Waals surface area contributed by atoms with Gasteiger partial charge in [-0.2, -0.15) is 13.2 Å². The zero-order valence-corrected chi connectivity index (χ0v) is 12.5. The molecule has 0 radical (unpaired) electrons. The molecule has 6 heteroatoms. The molecule has 0 spiro atoms. The normalized spacial score (nSPS) is 11.5. The molecule has 2 aromatic rings. The van der Waals surface area contributed by atoms with Gasteiger partial charge < -0.3 is 10.6 Å². The molecule has 0 heterocycles. The summed E-state index contributed by atoms with van der Waals surface area (Å²) in [6, 6.07) is 12.7. The summed E-state index contributed by atoms with van der Waals surface area (Å²) in [6.07, 6.45) is -4.32. The maximum absolute atomic E-state index is 12.6. The molecule has 0 unspecified atom stereocenters. The largest absolute Gasteiger partial charge is 0.416 e. The van der Waals surface area contributed by atoms with Crippen LogP contribution in [0, 0.1) is 0 Å². The van der Waals surface area contributed by atoms with Gasteiger partial charge in [0.05, 0.1) is 5.56 Å². The van der Waals surface area contributed by atoms with E-state index in [0.29, 0.717) is 30.3 Å². The second-order valence-electron chi connectivity index (χ2n) is 4.77. The number of nitrogens with one attached hydrogen (secondary N) is 2. The lowest BCUT2D eigenvalue weighted by Crippen LogP contribution is -2.22. The second kappa shape index (κ2) is 7.51. The molecule has 2 rings (SSSR count). The van der Waals surface area contributed by atoms with Gasteiger partial charge in [0.15, 0.2) is 0 Å². The predicted molar refractivity (Wildman–Crippen MR) is 83.1 cm³/mol. The van der Waals surface area contributed by atoms with E-state index < -0.39 is 11.7 Å². The Morgan fingerprint density at radius 3 is 2.45 bits per heavy atom. The first kappa shape index (κ1) is 16.6. The van der Waals surface area contributed by atoms with Crippen LogP contribution in [0.15, 0.2) is 48.5 Å². The third kappa shape index (κ3) is 4.93. The summed E-state index contributed by atoms with van der Waals surface area (Å²) in [5.74, 6) is 0. The summed E-state index contributed by atoms with van der Waals surface area (Å²) in [6.45, 7) is 1.75. The molecule has 118 valence electrons. The highest BCUT2D eigenvalue weighted by Gasteiger charge is 2.30. The fourth-order valence-electron chi connectivity index (χ4n) is 1.97. The number of rotatable bonds is 6. The Bertz CT molecular complexity index is 614. The van der Waals surface area contributed by atoms with Gasteiger partial charge >= 0.3 is 6.18 Å². The Morgan fingerprint density at radius 2 is 1.73 bits per heavy atom. The number of hydrogen-bond donors (Lipinski definition) is 2. The monoisotopic (exact) mass is 328 g/mol. The van der Waals surface area contributed by atoms with Crippen LogP contribution in [0.25, 0.3) is 0 Å². The van der Waals surface area contributed by atoms with E-state index in [1.807, 2.05) is 24.3 Å². The number of hydrogen-bond acceptors (Lipinski definition) is 2. The molecule has 0 amide bonds. The SMILES string of the molecule is FC(F)(F)c1cccc(NCCNCc2ccccc2Cl)c1. The average molecular weight is 329 g/mol. The zero-order valence-electron chi connectivity index (χ0n) is 11.8. The third-order valence-corrected chi connectivity index (χ3v) is 3.46. The van der Waals surface area contributed by atoms with Crippen LogP contribution in [0.4, 0.5) is 18.9 Å². The van der Waals surface area contributed by atoms with E-state index in [0.717, 1.165) is 17.7 Å². The first-order valence-corrected chi connectivity index (χ1v) is 7.20. The van der Waals surface area contributed by atoms with Gasteiger partial charge in [-0.3, -0.25) is 0 Å². The average Bonchev–Trinajstić information content (AvgIpc) is 2.48. The van der Waals surface area contributed by atoms with Crippen LogP contribution >= 0.6 is 11.6 Å². The van der Waals surface area contributed by atoms with E-state index in [-0.39, 0.29) is 0 Å². The Kier molecular flexibility index (Phi) is 5.69. The van der Waals surface area contributed by atoms with Crippen molar-refractivity contribution in [2.24, 2.45) is 0 Å². The smallest absolute Gasteiger partial charge is 0.384 e. The van der Waals surface area contributed by atoms with Crippen molar-refractivity contribution in [1.82, 2.24) is 5.32 Å². The molecular weight excluding hydrogens is 313 g/mol. The fraction of sp³-hybridized carbons (Fsp3) is 0.250. The number of alkyl halides is 3. The van der Waals surface area contributed by atoms with Crippen molar-refractivity contribution in [3.8, 4) is 0 Å². The van der Waals surface area contributed by atoms with Gasteiger partial charge in [-0.25, -0.2) is 0 Å². The van der Waals surface area contributed by atoms with E-state index in [2.05, 4.69) is 10.6 Å². The van der Waals surface area contributed by atoms with Crippen LogP contribution in [-0.4, -0.2) is 13.1 Å². The maximum atomic E-state index is 12.6. The fourth-order valence-corrected chi connectivity index (χ4v) is 2.17. The Labute approximate surface area is 132 Å². The van der Waals surface area contributed by atoms with Gasteiger partial charge in [0.2, 0.25) is 0 Å². The molecule has 0 saturated heterocycles. The highest BCUT2D eigenvalue weighted by Crippen LogP contribution is 2.30. The number of halogens is 4. The van der Waals surface area contributed by atoms with Gasteiger partial charge in [-0.05, 0) is 29.8 Å². The Balaban J connectivity index is 1.76. The van der Waals surface area contributed by atoms with Crippen LogP contribution in [-0.2, 0) is 12.7 Å². The molecule has 0 atom stereocenters. The van der Waals surface area contributed by atoms with Gasteiger partial charge in [0.1, 0.15) is 0 Å². The highest BCUT2D eigenvalue weighted by molar-refractivity contribution is 6.31. The summed E-state index contributed by atoms with van der Waals surface area (Å²) < 4.78 is 37.8. The Hall–Kier alpha value is -1.72. The van der Waals surface area contributed by atoms with Crippen LogP contribution < -0.4 is 10.6 Å². The number of anilines is 1. The van der Waals surface area contributed by atoms with Gasteiger partial charge in [0, 0.05) is 30.3 Å². The molecule has 2 nitrogen and oxygen atoms in total. The van der Waals surface area contributed by atoms with Crippen LogP contribution in [0.5, 0.6) is 0 Å². The quantitative estimate of drug-likeness (QED) is 0.760. The minimum atomic E-state index is -4.32. The van der Waals surface area contributed by atoms with Crippen molar-refractivity contribution in [2.75, 3.05) is 18.4 Å². The molecule has 0 fully saturated rings. The molecule has 0 saturated carbocycles. The summed E-state index contributed by atoms with van der Waals surface area (Å²) in [5.41, 5.74) is 0.791. The lowest BCUT2D eigenvalue weighted by Gasteiger charge is -2.11. The molecule has 0 bridgehead atoms. The molecule has 2 N–H and O–H groups in total. The minimum Gasteiger partial charge on any atom is -0.384 e. The number of benzene rings is 2. The molecule has 0 aromatic heterocycles. The minimum absolute atomic E-state index is 0.453. The van der Waals surface area contributed by atoms with E-state index in [4.69, 9.17) is 11.6 Å². The third-order valence-electron chi connectivity index (χ3n) is 3.09. The predicted octanol–water partition coefficient (Wildman–Crippen LogP) is 4.56. The first-order valence-electron chi connectivity index (χ1n) is 6.82. The molecule has 22 heavy (non-hydrogen) atoms. The van der Waals surface area contributed by atoms with Crippen molar-refractivity contribution in [1.29, 1.82) is 0 Å². The lowest BCUT2D eigenvalue weighted by atomic mass is 10.2. The summed E-state index contributed by atoms with van der Waals surface area (Å²) in [5, 5.41) is 6.85. The molecule has 0 aliphatic heterocycles. The Morgan fingerprint density at radius 1 is 0.955 bits per heavy atom. The summed E-state index contributed by atoms with van der Waals surface area (Å²) >= 11 is 6.03. The van der Waals surface area contributed by atoms with Crippen molar-refractivity contribution in [3.63, 3.8) is 0 Å². The van der Waals surface area contributed by atoms with E-state index in [9.17, 15) is 13.2 Å². The molecular formula is C16H16ClF3N2. The first-order chi connectivity index (χ1) is 10.5. The van der Waals surface area contributed by atoms with E-state index in [1.54, 1.807) is 6.07 Å². The summed E-state index contributed by atoms with van der Waals surface area (Å²) in [4.78, 5) is 0. The maximum Gasteiger partial charge on any atom is 0.416 e. The lowest BCUT2D eigenvalue weighted by molar-refractivity contribution is -0.137. The molecule has 0 aliphatic rings. The van der Waals surface area contributed by atoms with Crippen molar-refractivity contribution in [2.45, 2.75) is 12.7 Å². The standard InChI is InChI=1S/C16H16ClF3N2/c17-15-7-2-1-4-12(15)11-21-8-9-22-14-6-3-5-13(10-14)16(18,19)20/h1-7,10,21-22H,8-9,11H2. The van der Waals surface area contributed by atoms with E-state index in [1.165, 1.54) is 6.07 Å². The van der Waals surface area contributed by atoms with Gasteiger partial charge in [-0.1, -0.05) is 35.9 Å². The van der Waals surface area contributed by atoms with Gasteiger partial charge in [0.25, 0.3) is 0 Å². The topological polar surface area (TPSA) is 24.1 Å². The molecule has 0 aliphatic carbocycles. The van der Waals surface area contributed by atoms with Crippen LogP contribution in [0.1, 0.15) is 11.1 Å². The molecule has 2 aromatic carbocycles. The van der Waals surface area contributed by atoms with Crippen LogP contribution in [0.2, 0.25) is 5.02 Å². The van der Waals surface area contributed by atoms with Gasteiger partial charge in [-0.15, -0.1) is 0 Å². The highest BCUT2D eigenvalue weighted by atomic mass is 35.5. The van der Waals surface area contributed by atoms with E-state index >= 15 is 0 Å². The van der Waals surface area contributed by atoms with Crippen molar-refractivity contribution < 1.29 is 13.2 Å². The zero-order chi connectivity index (χ0) is 16.0. The second-order valence-corrected chi connectivity index (χ2v) is 5.18. The summed E-state index contributed by atoms with van der Waals surface area (Å²) in [7, 11) is 0. The van der Waals surface area contributed by atoms with Crippen LogP contribution in [0.3, 0.4) is 0 Å². The van der Waals surface area contributed by atoms with Crippen molar-refractivity contribution in [3.05, 3.63) is 64.7 Å².